The summed E-state index contributed by atoms with van der Waals surface area (Å²) in [5, 5.41) is 16.0. The summed E-state index contributed by atoms with van der Waals surface area (Å²) in [6.07, 6.45) is 10.1. The second-order valence-corrected chi connectivity index (χ2v) is 15.4. The molecule has 3 aliphatic heterocycles. The van der Waals surface area contributed by atoms with Gasteiger partial charge >= 0.3 is 6.01 Å². The maximum absolute atomic E-state index is 17.5. The molecular weight excluding hydrogens is 644 g/mol. The molecule has 9 rings (SSSR count). The molecule has 2 N–H and O–H groups in total. The monoisotopic (exact) mass is 685 g/mol. The lowest BCUT2D eigenvalue weighted by Crippen LogP contribution is -2.51. The molecule has 3 fully saturated rings. The summed E-state index contributed by atoms with van der Waals surface area (Å²) in [5.41, 5.74) is 4.17. The van der Waals surface area contributed by atoms with Gasteiger partial charge in [0.2, 0.25) is 0 Å². The van der Waals surface area contributed by atoms with Crippen LogP contribution in [0.15, 0.2) is 54.6 Å². The van der Waals surface area contributed by atoms with Crippen LogP contribution in [0.1, 0.15) is 67.7 Å². The van der Waals surface area contributed by atoms with Crippen LogP contribution in [0.4, 0.5) is 14.6 Å². The van der Waals surface area contributed by atoms with Crippen LogP contribution in [0.25, 0.3) is 32.8 Å². The number of piperazine rings is 1. The highest BCUT2D eigenvalue weighted by Crippen LogP contribution is 2.48. The molecule has 0 spiro atoms. The number of terminal acetylenes is 1. The zero-order valence-corrected chi connectivity index (χ0v) is 29.0. The minimum absolute atomic E-state index is 0.00391. The van der Waals surface area contributed by atoms with E-state index in [0.717, 1.165) is 58.4 Å². The SMILES string of the molecule is C#Cc1c(F)ccc2cc(O)cc(-c3c(C(C)C)cc4c(N5CC6CCC(C5)N6)nc(OCC5(CN6Cc7ccccc7C6)CC5)nc4c3F)c12. The van der Waals surface area contributed by atoms with Gasteiger partial charge in [-0.15, -0.1) is 6.42 Å². The zero-order valence-electron chi connectivity index (χ0n) is 29.0. The predicted molar refractivity (Wildman–Crippen MR) is 196 cm³/mol. The van der Waals surface area contributed by atoms with Gasteiger partial charge in [-0.25, -0.2) is 8.78 Å². The molecule has 4 aliphatic rings. The zero-order chi connectivity index (χ0) is 35.0. The lowest BCUT2D eigenvalue weighted by molar-refractivity contribution is 0.154. The number of ether oxygens (including phenoxy) is 1. The Morgan fingerprint density at radius 1 is 1.02 bits per heavy atom. The normalized spacial score (nSPS) is 20.7. The van der Waals surface area contributed by atoms with Gasteiger partial charge in [-0.2, -0.15) is 9.97 Å². The molecule has 1 aliphatic carbocycles. The Labute approximate surface area is 296 Å². The number of phenolic OH excluding ortho intramolecular Hbond substituents is 1. The summed E-state index contributed by atoms with van der Waals surface area (Å²) < 4.78 is 39.2. The molecule has 9 heteroatoms. The molecule has 2 atom stereocenters. The third kappa shape index (κ3) is 5.65. The molecular formula is C42H41F2N5O2. The Morgan fingerprint density at radius 3 is 2.41 bits per heavy atom. The average molecular weight is 686 g/mol. The Morgan fingerprint density at radius 2 is 1.75 bits per heavy atom. The number of aromatic hydroxyl groups is 1. The summed E-state index contributed by atoms with van der Waals surface area (Å²) in [5.74, 6) is 1.79. The number of phenols is 1. The van der Waals surface area contributed by atoms with Gasteiger partial charge in [0, 0.05) is 66.6 Å². The first-order valence-electron chi connectivity index (χ1n) is 18.1. The van der Waals surface area contributed by atoms with E-state index in [1.165, 1.54) is 29.3 Å². The number of rotatable bonds is 8. The first-order chi connectivity index (χ1) is 24.7. The molecule has 1 saturated carbocycles. The van der Waals surface area contributed by atoms with Crippen LogP contribution >= 0.6 is 0 Å². The van der Waals surface area contributed by atoms with Crippen LogP contribution in [0.3, 0.4) is 0 Å². The molecule has 260 valence electrons. The van der Waals surface area contributed by atoms with Crippen LogP contribution in [0, 0.1) is 29.4 Å². The fourth-order valence-electron chi connectivity index (χ4n) is 8.71. The summed E-state index contributed by atoms with van der Waals surface area (Å²) in [6, 6.07) is 17.2. The van der Waals surface area contributed by atoms with Crippen molar-refractivity contribution < 1.29 is 18.6 Å². The minimum atomic E-state index is -0.579. The Kier molecular flexibility index (Phi) is 7.68. The van der Waals surface area contributed by atoms with Gasteiger partial charge in [-0.3, -0.25) is 4.90 Å². The van der Waals surface area contributed by atoms with Gasteiger partial charge in [0.05, 0.1) is 12.2 Å². The Balaban J connectivity index is 1.16. The number of hydrogen-bond donors (Lipinski definition) is 2. The van der Waals surface area contributed by atoms with E-state index in [0.29, 0.717) is 51.8 Å². The number of anilines is 1. The second-order valence-electron chi connectivity index (χ2n) is 15.4. The molecule has 0 radical (unpaired) electrons. The smallest absolute Gasteiger partial charge is 0.319 e. The average Bonchev–Trinajstić information content (AvgIpc) is 3.62. The van der Waals surface area contributed by atoms with Gasteiger partial charge in [0.1, 0.15) is 22.9 Å². The van der Waals surface area contributed by atoms with Crippen LogP contribution in [-0.4, -0.2) is 58.3 Å². The minimum Gasteiger partial charge on any atom is -0.508 e. The van der Waals surface area contributed by atoms with Gasteiger partial charge in [0.15, 0.2) is 5.82 Å². The highest BCUT2D eigenvalue weighted by molar-refractivity contribution is 6.05. The Hall–Kier alpha value is -4.78. The van der Waals surface area contributed by atoms with Gasteiger partial charge in [0.25, 0.3) is 0 Å². The molecule has 5 aromatic rings. The van der Waals surface area contributed by atoms with E-state index in [1.807, 2.05) is 19.9 Å². The largest absolute Gasteiger partial charge is 0.508 e. The van der Waals surface area contributed by atoms with E-state index in [4.69, 9.17) is 21.1 Å². The van der Waals surface area contributed by atoms with Crippen molar-refractivity contribution >= 4 is 27.5 Å². The van der Waals surface area contributed by atoms with Gasteiger partial charge in [-0.05, 0) is 83.5 Å². The number of halogens is 2. The molecule has 2 saturated heterocycles. The van der Waals surface area contributed by atoms with Crippen molar-refractivity contribution in [1.29, 1.82) is 0 Å². The first kappa shape index (κ1) is 32.1. The van der Waals surface area contributed by atoms with Crippen LogP contribution in [0.2, 0.25) is 0 Å². The van der Waals surface area contributed by atoms with Crippen LogP contribution in [-0.2, 0) is 13.1 Å². The van der Waals surface area contributed by atoms with Crippen molar-refractivity contribution in [3.63, 3.8) is 0 Å². The number of nitrogens with one attached hydrogen (secondary N) is 1. The summed E-state index contributed by atoms with van der Waals surface area (Å²) in [6.45, 7) is 8.72. The molecule has 0 amide bonds. The maximum atomic E-state index is 17.5. The standard InChI is InChI=1S/C42H41F2N5O2/c1-4-31-35(43)12-9-25-15-30(50)16-33(36(25)31)37-32(24(2)3)17-34-39(38(37)44)46-41(47-40(34)49-20-28-10-11-29(21-49)45-28)51-23-42(13-14-42)22-48-18-26-7-5-6-8-27(26)19-48/h1,5-9,12,15-17,24,28-29,45,50H,10-11,13-14,18-23H2,2-3H3. The van der Waals surface area contributed by atoms with Gasteiger partial charge < -0.3 is 20.1 Å². The Bertz CT molecular complexity index is 2220. The predicted octanol–water partition coefficient (Wildman–Crippen LogP) is 7.65. The molecule has 2 unspecified atom stereocenters. The third-order valence-corrected chi connectivity index (χ3v) is 11.5. The number of aromatic nitrogens is 2. The third-order valence-electron chi connectivity index (χ3n) is 11.5. The van der Waals surface area contributed by atoms with E-state index in [-0.39, 0.29) is 39.7 Å². The first-order valence-corrected chi connectivity index (χ1v) is 18.1. The quantitative estimate of drug-likeness (QED) is 0.163. The fraction of sp³-hybridized carbons (Fsp3) is 0.381. The maximum Gasteiger partial charge on any atom is 0.319 e. The van der Waals surface area contributed by atoms with Crippen LogP contribution < -0.4 is 15.0 Å². The highest BCUT2D eigenvalue weighted by atomic mass is 19.1. The number of fused-ring (bicyclic) bond motifs is 5. The topological polar surface area (TPSA) is 73.8 Å². The van der Waals surface area contributed by atoms with Crippen molar-refractivity contribution in [2.75, 3.05) is 31.1 Å². The second kappa shape index (κ2) is 12.2. The molecule has 1 aromatic heterocycles. The van der Waals surface area contributed by atoms with E-state index in [9.17, 15) is 5.11 Å². The number of hydrogen-bond acceptors (Lipinski definition) is 7. The lowest BCUT2D eigenvalue weighted by atomic mass is 9.86. The van der Waals surface area contributed by atoms with E-state index in [2.05, 4.69) is 45.3 Å². The van der Waals surface area contributed by atoms with Crippen molar-refractivity contribution in [1.82, 2.24) is 20.2 Å². The molecule has 4 heterocycles. The number of nitrogens with zero attached hydrogens (tertiary/aromatic N) is 4. The number of benzene rings is 4. The summed E-state index contributed by atoms with van der Waals surface area (Å²) >= 11 is 0. The highest BCUT2D eigenvalue weighted by Gasteiger charge is 2.46. The summed E-state index contributed by atoms with van der Waals surface area (Å²) in [7, 11) is 0. The van der Waals surface area contributed by atoms with Crippen molar-refractivity contribution in [3.05, 3.63) is 88.5 Å². The van der Waals surface area contributed by atoms with E-state index >= 15 is 8.78 Å². The molecule has 2 bridgehead atoms. The molecule has 51 heavy (non-hydrogen) atoms. The molecule has 4 aromatic carbocycles. The van der Waals surface area contributed by atoms with Crippen molar-refractivity contribution in [3.8, 4) is 35.2 Å². The van der Waals surface area contributed by atoms with Gasteiger partial charge in [-0.1, -0.05) is 50.1 Å². The van der Waals surface area contributed by atoms with E-state index in [1.54, 1.807) is 6.07 Å². The van der Waals surface area contributed by atoms with Crippen molar-refractivity contribution in [2.45, 2.75) is 70.6 Å². The van der Waals surface area contributed by atoms with E-state index < -0.39 is 11.6 Å². The fourth-order valence-corrected chi connectivity index (χ4v) is 8.71. The summed E-state index contributed by atoms with van der Waals surface area (Å²) in [4.78, 5) is 14.6. The molecule has 7 nitrogen and oxygen atoms in total. The van der Waals surface area contributed by atoms with Crippen molar-refractivity contribution in [2.24, 2.45) is 5.41 Å². The lowest BCUT2D eigenvalue weighted by Gasteiger charge is -2.34. The van der Waals surface area contributed by atoms with Crippen LogP contribution in [0.5, 0.6) is 11.8 Å².